The van der Waals surface area contributed by atoms with Crippen LogP contribution in [0.1, 0.15) is 23.3 Å². The molecule has 7 heteroatoms. The number of rotatable bonds is 4. The Balaban J connectivity index is 1.39. The second kappa shape index (κ2) is 7.29. The van der Waals surface area contributed by atoms with Crippen LogP contribution in [0.3, 0.4) is 0 Å². The molecular formula is C19H21N5OS. The fraction of sp³-hybridized carbons (Fsp3) is 0.316. The summed E-state index contributed by atoms with van der Waals surface area (Å²) in [7, 11) is 1.81. The minimum atomic E-state index is -0.0603. The number of anilines is 1. The molecule has 3 heterocycles. The van der Waals surface area contributed by atoms with Crippen LogP contribution in [0.2, 0.25) is 0 Å². The third kappa shape index (κ3) is 3.48. The summed E-state index contributed by atoms with van der Waals surface area (Å²) < 4.78 is 1.66. The Morgan fingerprint density at radius 3 is 2.69 bits per heavy atom. The smallest absolute Gasteiger partial charge is 0.269 e. The summed E-state index contributed by atoms with van der Waals surface area (Å²) >= 11 is 1.66. The maximum absolute atomic E-state index is 12.7. The Labute approximate surface area is 156 Å². The third-order valence-electron chi connectivity index (χ3n) is 4.70. The van der Waals surface area contributed by atoms with Crippen molar-refractivity contribution >= 4 is 22.4 Å². The quantitative estimate of drug-likeness (QED) is 0.770. The molecule has 4 rings (SSSR count). The summed E-state index contributed by atoms with van der Waals surface area (Å²) in [6.45, 7) is 1.83. The number of piperidine rings is 1. The van der Waals surface area contributed by atoms with Gasteiger partial charge >= 0.3 is 0 Å². The van der Waals surface area contributed by atoms with Gasteiger partial charge in [0.25, 0.3) is 5.91 Å². The molecule has 1 aliphatic rings. The Bertz CT molecular complexity index is 867. The first-order valence-corrected chi connectivity index (χ1v) is 9.63. The molecule has 134 valence electrons. The van der Waals surface area contributed by atoms with E-state index in [1.807, 2.05) is 55.0 Å². The highest BCUT2D eigenvalue weighted by Crippen LogP contribution is 2.22. The molecule has 1 saturated heterocycles. The number of nitrogens with one attached hydrogen (secondary N) is 1. The molecule has 26 heavy (non-hydrogen) atoms. The van der Waals surface area contributed by atoms with Crippen molar-refractivity contribution < 1.29 is 4.79 Å². The molecule has 1 aromatic carbocycles. The zero-order chi connectivity index (χ0) is 17.9. The summed E-state index contributed by atoms with van der Waals surface area (Å²) in [5, 5.41) is 10.7. The summed E-state index contributed by atoms with van der Waals surface area (Å²) in [4.78, 5) is 19.3. The van der Waals surface area contributed by atoms with E-state index in [1.54, 1.807) is 16.0 Å². The summed E-state index contributed by atoms with van der Waals surface area (Å²) in [5.74, 6) is -0.0603. The average molecular weight is 367 g/mol. The van der Waals surface area contributed by atoms with E-state index in [4.69, 9.17) is 0 Å². The van der Waals surface area contributed by atoms with E-state index >= 15 is 0 Å². The second-order valence-corrected chi connectivity index (χ2v) is 7.33. The Hall–Kier alpha value is -2.67. The molecule has 0 atom stereocenters. The van der Waals surface area contributed by atoms with Gasteiger partial charge in [-0.1, -0.05) is 30.3 Å². The molecule has 0 spiro atoms. The van der Waals surface area contributed by atoms with Crippen LogP contribution in [0.5, 0.6) is 0 Å². The Kier molecular flexibility index (Phi) is 4.71. The van der Waals surface area contributed by atoms with E-state index in [0.29, 0.717) is 5.69 Å². The van der Waals surface area contributed by atoms with Crippen molar-refractivity contribution in [2.24, 2.45) is 7.05 Å². The number of amides is 1. The number of aryl methyl sites for hydroxylation is 1. The van der Waals surface area contributed by atoms with Crippen LogP contribution in [0.4, 0.5) is 5.13 Å². The highest BCUT2D eigenvalue weighted by atomic mass is 32.1. The summed E-state index contributed by atoms with van der Waals surface area (Å²) in [6.07, 6.45) is 3.68. The topological polar surface area (TPSA) is 63.1 Å². The molecule has 2 aromatic heterocycles. The van der Waals surface area contributed by atoms with Gasteiger partial charge in [0.1, 0.15) is 5.69 Å². The van der Waals surface area contributed by atoms with E-state index in [1.165, 1.54) is 0 Å². The highest BCUT2D eigenvalue weighted by Gasteiger charge is 2.23. The number of hydrogen-bond donors (Lipinski definition) is 1. The first-order valence-electron chi connectivity index (χ1n) is 8.75. The number of benzene rings is 1. The maximum Gasteiger partial charge on any atom is 0.269 e. The minimum Gasteiger partial charge on any atom is -0.348 e. The van der Waals surface area contributed by atoms with Crippen molar-refractivity contribution in [2.45, 2.75) is 18.9 Å². The minimum absolute atomic E-state index is 0.0603. The molecule has 0 unspecified atom stereocenters. The molecular weight excluding hydrogens is 346 g/mol. The zero-order valence-corrected chi connectivity index (χ0v) is 15.4. The van der Waals surface area contributed by atoms with Crippen LogP contribution in [-0.4, -0.2) is 39.8 Å². The second-order valence-electron chi connectivity index (χ2n) is 6.45. The lowest BCUT2D eigenvalue weighted by Crippen LogP contribution is -2.45. The van der Waals surface area contributed by atoms with Crippen molar-refractivity contribution in [3.63, 3.8) is 0 Å². The van der Waals surface area contributed by atoms with Gasteiger partial charge in [-0.2, -0.15) is 5.10 Å². The van der Waals surface area contributed by atoms with Crippen molar-refractivity contribution in [3.8, 4) is 11.3 Å². The van der Waals surface area contributed by atoms with Crippen molar-refractivity contribution in [3.05, 3.63) is 53.7 Å². The molecule has 0 bridgehead atoms. The molecule has 1 amide bonds. The van der Waals surface area contributed by atoms with Gasteiger partial charge in [0.15, 0.2) is 5.13 Å². The molecule has 0 saturated carbocycles. The zero-order valence-electron chi connectivity index (χ0n) is 14.6. The third-order valence-corrected chi connectivity index (χ3v) is 5.53. The van der Waals surface area contributed by atoms with Gasteiger partial charge in [-0.25, -0.2) is 4.98 Å². The number of hydrogen-bond acceptors (Lipinski definition) is 5. The van der Waals surface area contributed by atoms with Crippen LogP contribution < -0.4 is 10.2 Å². The fourth-order valence-electron chi connectivity index (χ4n) is 3.28. The average Bonchev–Trinajstić information content (AvgIpc) is 3.33. The normalized spacial score (nSPS) is 15.2. The largest absolute Gasteiger partial charge is 0.348 e. The van der Waals surface area contributed by atoms with Gasteiger partial charge in [-0.3, -0.25) is 9.48 Å². The highest BCUT2D eigenvalue weighted by molar-refractivity contribution is 7.13. The molecule has 0 radical (unpaired) electrons. The van der Waals surface area contributed by atoms with E-state index < -0.39 is 0 Å². The first-order chi connectivity index (χ1) is 12.7. The van der Waals surface area contributed by atoms with E-state index in [2.05, 4.69) is 20.3 Å². The number of aromatic nitrogens is 3. The number of thiazole rings is 1. The monoisotopic (exact) mass is 367 g/mol. The Morgan fingerprint density at radius 2 is 2.00 bits per heavy atom. The number of carbonyl (C=O) groups is 1. The molecule has 1 N–H and O–H groups in total. The molecule has 3 aromatic rings. The number of nitrogens with zero attached hydrogens (tertiary/aromatic N) is 4. The standard InChI is InChI=1S/C19H21N5OS/c1-23-17(13-16(22-23)14-5-3-2-4-6-14)18(25)21-15-7-10-24(11-8-15)19-20-9-12-26-19/h2-6,9,12-13,15H,7-8,10-11H2,1H3,(H,21,25). The van der Waals surface area contributed by atoms with Gasteiger partial charge in [-0.15, -0.1) is 11.3 Å². The molecule has 0 aliphatic carbocycles. The Morgan fingerprint density at radius 1 is 1.23 bits per heavy atom. The van der Waals surface area contributed by atoms with Crippen molar-refractivity contribution in [1.29, 1.82) is 0 Å². The fourth-order valence-corrected chi connectivity index (χ4v) is 3.97. The van der Waals surface area contributed by atoms with Crippen LogP contribution in [0.25, 0.3) is 11.3 Å². The van der Waals surface area contributed by atoms with Gasteiger partial charge in [0, 0.05) is 43.3 Å². The maximum atomic E-state index is 12.7. The van der Waals surface area contributed by atoms with Crippen LogP contribution >= 0.6 is 11.3 Å². The lowest BCUT2D eigenvalue weighted by Gasteiger charge is -2.32. The van der Waals surface area contributed by atoms with Crippen LogP contribution in [0.15, 0.2) is 48.0 Å². The van der Waals surface area contributed by atoms with Gasteiger partial charge < -0.3 is 10.2 Å². The molecule has 1 aliphatic heterocycles. The predicted octanol–water partition coefficient (Wildman–Crippen LogP) is 2.94. The van der Waals surface area contributed by atoms with Crippen molar-refractivity contribution in [1.82, 2.24) is 20.1 Å². The number of carbonyl (C=O) groups excluding carboxylic acids is 1. The van der Waals surface area contributed by atoms with E-state index in [-0.39, 0.29) is 11.9 Å². The van der Waals surface area contributed by atoms with Crippen LogP contribution in [0, 0.1) is 0 Å². The lowest BCUT2D eigenvalue weighted by atomic mass is 10.1. The SMILES string of the molecule is Cn1nc(-c2ccccc2)cc1C(=O)NC1CCN(c2nccs2)CC1. The summed E-state index contributed by atoms with van der Waals surface area (Å²) in [6, 6.07) is 12.0. The van der Waals surface area contributed by atoms with Gasteiger partial charge in [-0.05, 0) is 18.9 Å². The van der Waals surface area contributed by atoms with E-state index in [0.717, 1.165) is 42.3 Å². The van der Waals surface area contributed by atoms with E-state index in [9.17, 15) is 4.79 Å². The van der Waals surface area contributed by atoms with Crippen LogP contribution in [-0.2, 0) is 7.05 Å². The first kappa shape index (κ1) is 16.8. The predicted molar refractivity (Wildman–Crippen MR) is 103 cm³/mol. The van der Waals surface area contributed by atoms with Crippen molar-refractivity contribution in [2.75, 3.05) is 18.0 Å². The van der Waals surface area contributed by atoms with Gasteiger partial charge in [0.05, 0.1) is 5.69 Å². The lowest BCUT2D eigenvalue weighted by molar-refractivity contribution is 0.0921. The molecule has 1 fully saturated rings. The molecule has 6 nitrogen and oxygen atoms in total. The van der Waals surface area contributed by atoms with Gasteiger partial charge in [0.2, 0.25) is 0 Å². The summed E-state index contributed by atoms with van der Waals surface area (Å²) in [5.41, 5.74) is 2.42.